The Balaban J connectivity index is 2.10. The van der Waals surface area contributed by atoms with Crippen molar-refractivity contribution in [2.24, 2.45) is 0 Å². The Morgan fingerprint density at radius 1 is 0.593 bits per heavy atom. The van der Waals surface area contributed by atoms with Crippen LogP contribution in [-0.4, -0.2) is 34.9 Å². The van der Waals surface area contributed by atoms with Gasteiger partial charge in [0.15, 0.2) is 0 Å². The predicted octanol–water partition coefficient (Wildman–Crippen LogP) is 4.83. The number of benzene rings is 2. The van der Waals surface area contributed by atoms with Crippen LogP contribution in [0.5, 0.6) is 0 Å². The SMILES string of the molecule is [CH3][Ge]([CH3])([CH3])[c]1ccc(C=CS(=O)(=O)C=Cc2cc[c]([Ge]([CH3])([CH3])[CH3])cc2)cc1. The average molecular weight is 504 g/mol. The fourth-order valence-corrected chi connectivity index (χ4v) is 8.26. The number of rotatable bonds is 6. The summed E-state index contributed by atoms with van der Waals surface area (Å²) < 4.78 is 27.4. The van der Waals surface area contributed by atoms with Crippen LogP contribution in [0, 0.1) is 0 Å². The van der Waals surface area contributed by atoms with Crippen molar-refractivity contribution in [2.45, 2.75) is 34.5 Å². The molecule has 0 heterocycles. The Hall–Kier alpha value is -1.04. The summed E-state index contributed by atoms with van der Waals surface area (Å²) in [6.07, 6.45) is 3.32. The zero-order chi connectivity index (χ0) is 20.3. The molecule has 0 N–H and O–H groups in total. The van der Waals surface area contributed by atoms with E-state index in [1.54, 1.807) is 12.2 Å². The molecule has 0 radical (unpaired) electrons. The van der Waals surface area contributed by atoms with Gasteiger partial charge in [-0.05, 0) is 0 Å². The van der Waals surface area contributed by atoms with E-state index < -0.39 is 36.4 Å². The average Bonchev–Trinajstić information content (AvgIpc) is 2.58. The maximum absolute atomic E-state index is 12.3. The van der Waals surface area contributed by atoms with Crippen molar-refractivity contribution in [1.29, 1.82) is 0 Å². The van der Waals surface area contributed by atoms with Gasteiger partial charge in [0.25, 0.3) is 0 Å². The van der Waals surface area contributed by atoms with E-state index in [2.05, 4.69) is 58.8 Å². The van der Waals surface area contributed by atoms with Crippen molar-refractivity contribution in [3.8, 4) is 0 Å². The third kappa shape index (κ3) is 7.13. The standard InChI is InChI=1S/C22H30Ge2O2S/c1-23(2,3)21-11-7-19(8-12-21)15-17-27(25,26)18-16-20-9-13-22(14-10-20)24(4,5)6/h7-18H,1-6H3. The van der Waals surface area contributed by atoms with Crippen molar-refractivity contribution in [3.63, 3.8) is 0 Å². The first-order valence-corrected chi connectivity index (χ1v) is 25.5. The topological polar surface area (TPSA) is 34.1 Å². The summed E-state index contributed by atoms with van der Waals surface area (Å²) >= 11 is -3.66. The number of hydrogen-bond donors (Lipinski definition) is 0. The van der Waals surface area contributed by atoms with Gasteiger partial charge in [0.05, 0.1) is 0 Å². The molecular weight excluding hydrogens is 474 g/mol. The van der Waals surface area contributed by atoms with Crippen LogP contribution in [0.2, 0.25) is 34.5 Å². The predicted molar refractivity (Wildman–Crippen MR) is 126 cm³/mol. The molecule has 0 aliphatic heterocycles. The third-order valence-electron chi connectivity index (χ3n) is 4.45. The van der Waals surface area contributed by atoms with Gasteiger partial charge < -0.3 is 0 Å². The first-order valence-electron chi connectivity index (χ1n) is 9.19. The van der Waals surface area contributed by atoms with E-state index in [-0.39, 0.29) is 0 Å². The Morgan fingerprint density at radius 2 is 0.889 bits per heavy atom. The van der Waals surface area contributed by atoms with E-state index >= 15 is 0 Å². The van der Waals surface area contributed by atoms with Gasteiger partial charge in [-0.25, -0.2) is 0 Å². The molecule has 0 aromatic heterocycles. The second-order valence-electron chi connectivity index (χ2n) is 8.94. The van der Waals surface area contributed by atoms with Gasteiger partial charge in [-0.1, -0.05) is 0 Å². The molecule has 0 spiro atoms. The van der Waals surface area contributed by atoms with Crippen LogP contribution >= 0.6 is 0 Å². The van der Waals surface area contributed by atoms with Crippen LogP contribution in [0.4, 0.5) is 0 Å². The van der Waals surface area contributed by atoms with Gasteiger partial charge in [0, 0.05) is 0 Å². The molecule has 0 atom stereocenters. The van der Waals surface area contributed by atoms with Gasteiger partial charge in [-0.3, -0.25) is 0 Å². The van der Waals surface area contributed by atoms with E-state index in [9.17, 15) is 8.42 Å². The van der Waals surface area contributed by atoms with Gasteiger partial charge in [0.2, 0.25) is 0 Å². The van der Waals surface area contributed by atoms with Crippen molar-refractivity contribution in [3.05, 3.63) is 70.5 Å². The first-order chi connectivity index (χ1) is 12.4. The second kappa shape index (κ2) is 8.54. The maximum atomic E-state index is 12.3. The summed E-state index contributed by atoms with van der Waals surface area (Å²) in [5.41, 5.74) is 1.81. The third-order valence-corrected chi connectivity index (χ3v) is 14.2. The number of hydrogen-bond acceptors (Lipinski definition) is 2. The fourth-order valence-electron chi connectivity index (χ4n) is 2.58. The second-order valence-corrected chi connectivity index (χ2v) is 32.0. The van der Waals surface area contributed by atoms with Gasteiger partial charge >= 0.3 is 171 Å². The van der Waals surface area contributed by atoms with Crippen LogP contribution in [0.1, 0.15) is 11.1 Å². The van der Waals surface area contributed by atoms with E-state index in [1.165, 1.54) is 19.6 Å². The molecular formula is C22H30Ge2O2S. The van der Waals surface area contributed by atoms with Gasteiger partial charge in [-0.2, -0.15) is 0 Å². The Kier molecular flexibility index (Phi) is 7.04. The molecule has 0 amide bonds. The molecule has 0 aliphatic carbocycles. The Labute approximate surface area is 170 Å². The minimum absolute atomic E-state index is 0.906. The van der Waals surface area contributed by atoms with E-state index in [0.717, 1.165) is 11.1 Å². The fraction of sp³-hybridized carbons (Fsp3) is 0.273. The summed E-state index contributed by atoms with van der Waals surface area (Å²) in [4.78, 5) is 0. The molecule has 0 unspecified atom stereocenters. The molecule has 0 fully saturated rings. The van der Waals surface area contributed by atoms with Crippen molar-refractivity contribution < 1.29 is 8.42 Å². The van der Waals surface area contributed by atoms with E-state index in [0.29, 0.717) is 0 Å². The number of sulfone groups is 1. The molecule has 0 saturated heterocycles. The van der Waals surface area contributed by atoms with E-state index in [1.807, 2.05) is 24.3 Å². The van der Waals surface area contributed by atoms with Crippen molar-refractivity contribution >= 4 is 57.3 Å². The van der Waals surface area contributed by atoms with Crippen LogP contribution in [0.25, 0.3) is 12.2 Å². The summed E-state index contributed by atoms with van der Waals surface area (Å²) in [5, 5.41) is 2.55. The van der Waals surface area contributed by atoms with Gasteiger partial charge in [-0.15, -0.1) is 0 Å². The van der Waals surface area contributed by atoms with Crippen LogP contribution in [-0.2, 0) is 9.84 Å². The van der Waals surface area contributed by atoms with Crippen LogP contribution in [0.3, 0.4) is 0 Å². The molecule has 0 saturated carbocycles. The normalized spacial score (nSPS) is 13.6. The zero-order valence-corrected chi connectivity index (χ0v) is 22.2. The summed E-state index contributed by atoms with van der Waals surface area (Å²) in [7, 11) is -3.39. The molecule has 2 rings (SSSR count). The Bertz CT molecular complexity index is 852. The molecule has 5 heteroatoms. The molecule has 2 aromatic carbocycles. The first kappa shape index (κ1) is 22.2. The van der Waals surface area contributed by atoms with Gasteiger partial charge in [0.1, 0.15) is 0 Å². The van der Waals surface area contributed by atoms with Crippen molar-refractivity contribution in [1.82, 2.24) is 0 Å². The minimum atomic E-state index is -3.39. The summed E-state index contributed by atoms with van der Waals surface area (Å²) in [6.45, 7) is 0. The zero-order valence-electron chi connectivity index (χ0n) is 17.2. The molecule has 2 nitrogen and oxygen atoms in total. The van der Waals surface area contributed by atoms with Crippen LogP contribution < -0.4 is 8.79 Å². The monoisotopic (exact) mass is 506 g/mol. The Morgan fingerprint density at radius 3 is 1.15 bits per heavy atom. The molecule has 144 valence electrons. The van der Waals surface area contributed by atoms with Crippen molar-refractivity contribution in [2.75, 3.05) is 0 Å². The molecule has 2 aromatic rings. The molecule has 27 heavy (non-hydrogen) atoms. The summed E-state index contributed by atoms with van der Waals surface area (Å²) in [6, 6.07) is 16.5. The van der Waals surface area contributed by atoms with E-state index in [4.69, 9.17) is 0 Å². The molecule has 0 aliphatic rings. The summed E-state index contributed by atoms with van der Waals surface area (Å²) in [5.74, 6) is 14.1. The quantitative estimate of drug-likeness (QED) is 0.529. The van der Waals surface area contributed by atoms with Crippen LogP contribution in [0.15, 0.2) is 59.3 Å². The molecule has 0 bridgehead atoms.